The van der Waals surface area contributed by atoms with Crippen LogP contribution in [-0.2, 0) is 80.5 Å². The Balaban J connectivity index is 1.16. The van der Waals surface area contributed by atoms with Crippen molar-refractivity contribution < 1.29 is 203 Å². The number of rotatable bonds is 20. The van der Waals surface area contributed by atoms with E-state index in [0.717, 1.165) is 0 Å². The summed E-state index contributed by atoms with van der Waals surface area (Å²) in [5.41, 5.74) is 0. The van der Waals surface area contributed by atoms with Crippen LogP contribution in [0.15, 0.2) is 0 Å². The van der Waals surface area contributed by atoms with E-state index < -0.39 is 320 Å². The number of hydrogen-bond acceptors (Lipinski definition) is 37. The van der Waals surface area contributed by atoms with Crippen LogP contribution in [0.4, 0.5) is 0 Å². The van der Waals surface area contributed by atoms with Crippen LogP contribution in [0.3, 0.4) is 0 Å². The Bertz CT molecular complexity index is 2170. The molecule has 0 aromatic carbocycles. The van der Waals surface area contributed by atoms with Gasteiger partial charge in [-0.15, -0.1) is 0 Å². The van der Waals surface area contributed by atoms with E-state index in [4.69, 9.17) is 80.5 Å². The Morgan fingerprint density at radius 3 is 1.17 bits per heavy atom. The summed E-state index contributed by atoms with van der Waals surface area (Å²) in [5, 5.41) is 214. The number of aliphatic hydroxyl groups excluding tert-OH is 19. The van der Waals surface area contributed by atoms with Gasteiger partial charge in [0.25, 0.3) is 0 Å². The van der Waals surface area contributed by atoms with Gasteiger partial charge in [-0.1, -0.05) is 0 Å². The van der Waals surface area contributed by atoms with Crippen molar-refractivity contribution in [1.82, 2.24) is 0 Å². The van der Waals surface area contributed by atoms with Gasteiger partial charge in [0.2, 0.25) is 0 Å². The van der Waals surface area contributed by atoms with Crippen LogP contribution >= 0.6 is 0 Å². The van der Waals surface area contributed by atoms with Gasteiger partial charge in [-0.05, 0) is 20.8 Å². The first kappa shape index (κ1) is 78.0. The smallest absolute Gasteiger partial charge is 0.387 e. The summed E-state index contributed by atoms with van der Waals surface area (Å²) in [5.74, 6) is -1.19. The van der Waals surface area contributed by atoms with E-state index in [0.29, 0.717) is 0 Å². The molecule has 38 heteroatoms. The van der Waals surface area contributed by atoms with Crippen molar-refractivity contribution in [3.8, 4) is 0 Å². The first-order chi connectivity index (χ1) is 44.3. The third kappa shape index (κ3) is 18.7. The summed E-state index contributed by atoms with van der Waals surface area (Å²) in [6.07, 6.45) is -64.6. The molecule has 14 bridgehead atoms. The molecule has 38 atom stereocenters. The molecule has 20 heterocycles. The third-order valence-electron chi connectivity index (χ3n) is 17.2. The fraction of sp³-hybridized carbons (Fsp3) is 1.00. The Hall–Kier alpha value is -0.750. The van der Waals surface area contributed by atoms with Gasteiger partial charge in [-0.25, -0.2) is 0 Å². The number of ether oxygens (including phenoxy) is 17. The van der Waals surface area contributed by atoms with Crippen LogP contribution in [0.2, 0.25) is 0 Å². The summed E-state index contributed by atoms with van der Waals surface area (Å²) < 4.78 is 113. The third-order valence-corrected chi connectivity index (χ3v) is 18.5. The molecule has 0 spiro atoms. The molecule has 20 aliphatic heterocycles. The summed E-state index contributed by atoms with van der Waals surface area (Å²) in [6.45, 7) is -1.71. The molecule has 0 radical (unpaired) electrons. The number of alkyl halides is 1. The van der Waals surface area contributed by atoms with Gasteiger partial charge in [0.1, 0.15) is 61.0 Å². The zero-order chi connectivity index (χ0) is 67.9. The standard InChI is InChI=1S/C55H96IO37/c1-18(62)13-77-17-30-48-40(75)50(80-16-21(4)65)55(87-30)93-46-27(10-59)84-52(36(71)33(46)68)89-41-22(8-57)5-24(43(38(41)73)78-14-19(2)63)82-44-25(7-56-76)83-51(35(70)32(44)67)90-42-23(66)6-31(81-26(42)9-58)88-47-29(12-61)86-54(49(39(47)74)79-15-20(3)64)92-45-28(11-60)85-53(91-48)37(72)34(45)69/h18-55,57-76H,5-17H2,1-4H3/q-1/t18?,19?,20?,21?,22?,23-,24+,25?,26?,27?,28?,29?,30?,31-,32-,33-,34-,35?,36?,37?,38+,39+,40+,41-,42+,43?,44-,45-,46-,47-,48-,49?,50?,51-,52-,53-,54-,55-/m1/s1. The average Bonchev–Trinajstić information content (AvgIpc) is 0.786. The fourth-order valence-corrected chi connectivity index (χ4v) is 13.7. The molecule has 546 valence electrons. The molecule has 37 nitrogen and oxygen atoms in total. The van der Waals surface area contributed by atoms with Crippen molar-refractivity contribution >= 4 is 0 Å². The normalized spacial score (nSPS) is 48.6. The maximum atomic E-state index is 12.3. The summed E-state index contributed by atoms with van der Waals surface area (Å²) in [4.78, 5) is 0. The van der Waals surface area contributed by atoms with E-state index in [1.54, 1.807) is 0 Å². The van der Waals surface area contributed by atoms with Crippen LogP contribution in [0.1, 0.15) is 40.5 Å². The maximum absolute atomic E-state index is 12.3. The van der Waals surface area contributed by atoms with E-state index in [2.05, 4.69) is 0 Å². The minimum atomic E-state index is -2.19. The van der Waals surface area contributed by atoms with Crippen LogP contribution < -0.4 is 21.6 Å². The molecule has 1 saturated carbocycles. The molecule has 21 rings (SSSR count). The molecule has 1 aliphatic carbocycles. The molecule has 21 fully saturated rings. The van der Waals surface area contributed by atoms with Crippen molar-refractivity contribution in [3.05, 3.63) is 0 Å². The SMILES string of the molecule is CC(O)COCC1O[C@@H]2O[C@@H]3C(CO)O[C@H](O[C@@H]4C(CO)C[C@H](O[C@@H]5C(C[I-]O)O[C@H](O[C@@H]6C(CO)O[C@@H](C[C@H]6O)O[C@@H]6C(CO)O[C@H](O[C@@H]7C(CO)O[C@H](O[C@H]1[C@H](O)C2OCC(C)O)C(O)[C@H]7O)C(OCC(C)O)[C@H]6O)C(O)[C@H]5O)C(OCC(C)O)[C@H]4O)C(O)[C@H]3O. The van der Waals surface area contributed by atoms with Crippen LogP contribution in [0, 0.1) is 5.92 Å². The van der Waals surface area contributed by atoms with Crippen molar-refractivity contribution in [1.29, 1.82) is 0 Å². The van der Waals surface area contributed by atoms with Gasteiger partial charge in [-0.3, -0.25) is 0 Å². The van der Waals surface area contributed by atoms with Crippen molar-refractivity contribution in [2.24, 2.45) is 5.92 Å². The Morgan fingerprint density at radius 2 is 0.720 bits per heavy atom. The zero-order valence-electron chi connectivity index (χ0n) is 51.4. The van der Waals surface area contributed by atoms with Crippen molar-refractivity contribution in [2.75, 3.05) is 70.5 Å². The molecule has 21 aliphatic rings. The molecule has 20 saturated heterocycles. The quantitative estimate of drug-likeness (QED) is 0.0398. The second-order valence-electron chi connectivity index (χ2n) is 24.8. The molecule has 0 amide bonds. The molecule has 20 N–H and O–H groups in total. The average molecular weight is 1480 g/mol. The summed E-state index contributed by atoms with van der Waals surface area (Å²) >= 11 is -1.73. The number of aliphatic hydroxyl groups is 19. The molecular formula is C55H96IO37-. The predicted octanol–water partition coefficient (Wildman–Crippen LogP) is -14.9. The van der Waals surface area contributed by atoms with E-state index in [-0.39, 0.29) is 17.5 Å². The second-order valence-corrected chi connectivity index (χ2v) is 26.4. The Morgan fingerprint density at radius 1 is 0.355 bits per heavy atom. The van der Waals surface area contributed by atoms with Crippen LogP contribution in [0.5, 0.6) is 0 Å². The van der Waals surface area contributed by atoms with E-state index in [9.17, 15) is 100 Å². The van der Waals surface area contributed by atoms with Crippen LogP contribution in [-0.4, -0.2) is 398 Å². The Labute approximate surface area is 544 Å². The van der Waals surface area contributed by atoms with Crippen molar-refractivity contribution in [2.45, 2.75) is 267 Å². The monoisotopic (exact) mass is 1480 g/mol. The molecule has 17 unspecified atom stereocenters. The number of halogens is 1. The van der Waals surface area contributed by atoms with E-state index in [1.807, 2.05) is 0 Å². The van der Waals surface area contributed by atoms with Gasteiger partial charge >= 0.3 is 282 Å². The van der Waals surface area contributed by atoms with Crippen molar-refractivity contribution in [3.63, 3.8) is 0 Å². The fourth-order valence-electron chi connectivity index (χ4n) is 12.6. The number of hydrogen-bond donors (Lipinski definition) is 20. The van der Waals surface area contributed by atoms with E-state index >= 15 is 0 Å². The van der Waals surface area contributed by atoms with Gasteiger partial charge in [0.15, 0.2) is 18.9 Å². The van der Waals surface area contributed by atoms with E-state index in [1.165, 1.54) is 27.7 Å². The predicted molar refractivity (Wildman–Crippen MR) is 292 cm³/mol. The first-order valence-corrected chi connectivity index (χ1v) is 33.5. The second kappa shape index (κ2) is 35.7. The molecular weight excluding hydrogens is 1380 g/mol. The molecule has 93 heavy (non-hydrogen) atoms. The first-order valence-electron chi connectivity index (χ1n) is 31.0. The van der Waals surface area contributed by atoms with Gasteiger partial charge < -0.3 is 98.8 Å². The summed E-state index contributed by atoms with van der Waals surface area (Å²) in [6, 6.07) is 0. The zero-order valence-corrected chi connectivity index (χ0v) is 53.6. The van der Waals surface area contributed by atoms with Gasteiger partial charge in [0, 0.05) is 0 Å². The van der Waals surface area contributed by atoms with Gasteiger partial charge in [-0.2, -0.15) is 0 Å². The minimum absolute atomic E-state index is 0.210. The van der Waals surface area contributed by atoms with Gasteiger partial charge in [0.05, 0.1) is 64.6 Å². The summed E-state index contributed by atoms with van der Waals surface area (Å²) in [7, 11) is 0. The molecule has 0 aromatic heterocycles. The van der Waals surface area contributed by atoms with Crippen LogP contribution in [0.25, 0.3) is 0 Å². The molecule has 0 aromatic rings. The topological polar surface area (TPSA) is 562 Å². The minimum Gasteiger partial charge on any atom is -0.387 e. The Kier molecular flexibility index (Phi) is 29.9.